The van der Waals surface area contributed by atoms with E-state index >= 15 is 0 Å². The number of hydrogen-bond acceptors (Lipinski definition) is 7. The molecule has 0 unspecified atom stereocenters. The van der Waals surface area contributed by atoms with Gasteiger partial charge in [0.1, 0.15) is 0 Å². The Labute approximate surface area is 209 Å². The van der Waals surface area contributed by atoms with Crippen LogP contribution in [-0.4, -0.2) is 46.6 Å². The number of aryl methyl sites for hydroxylation is 3. The Morgan fingerprint density at radius 2 is 1.69 bits per heavy atom. The second kappa shape index (κ2) is 11.7. The van der Waals surface area contributed by atoms with E-state index in [1.54, 1.807) is 25.3 Å². The molecule has 9 nitrogen and oxygen atoms in total. The zero-order valence-electron chi connectivity index (χ0n) is 20.9. The largest absolute Gasteiger partial charge is 0.493 e. The van der Waals surface area contributed by atoms with Crippen molar-refractivity contribution in [2.75, 3.05) is 25.3 Å². The van der Waals surface area contributed by atoms with Crippen molar-refractivity contribution in [1.29, 1.82) is 0 Å². The molecule has 0 spiro atoms. The molecule has 3 rings (SSSR count). The van der Waals surface area contributed by atoms with Crippen molar-refractivity contribution in [2.24, 2.45) is 0 Å². The summed E-state index contributed by atoms with van der Waals surface area (Å²) in [5.41, 5.74) is 4.51. The number of hydrogen-bond donors (Lipinski definition) is 2. The molecule has 2 N–H and O–H groups in total. The smallest absolute Gasteiger partial charge is 0.251 e. The van der Waals surface area contributed by atoms with Gasteiger partial charge in [0.05, 0.1) is 26.5 Å². The van der Waals surface area contributed by atoms with Gasteiger partial charge in [0.25, 0.3) is 5.91 Å². The first-order valence-corrected chi connectivity index (χ1v) is 12.2. The van der Waals surface area contributed by atoms with Gasteiger partial charge in [-0.2, -0.15) is 0 Å². The van der Waals surface area contributed by atoms with E-state index in [2.05, 4.69) is 20.8 Å². The Bertz CT molecular complexity index is 1200. The second-order valence-corrected chi connectivity index (χ2v) is 8.95. The normalized spacial score (nSPS) is 10.7. The fourth-order valence-electron chi connectivity index (χ4n) is 3.80. The maximum absolute atomic E-state index is 12.6. The third kappa shape index (κ3) is 6.33. The van der Waals surface area contributed by atoms with E-state index in [9.17, 15) is 9.59 Å². The monoisotopic (exact) mass is 497 g/mol. The number of methoxy groups -OCH3 is 2. The quantitative estimate of drug-likeness (QED) is 0.409. The lowest BCUT2D eigenvalue weighted by molar-refractivity contribution is -0.113. The van der Waals surface area contributed by atoms with E-state index in [-0.39, 0.29) is 24.1 Å². The highest BCUT2D eigenvalue weighted by Gasteiger charge is 2.16. The van der Waals surface area contributed by atoms with Gasteiger partial charge in [0.2, 0.25) is 5.91 Å². The average Bonchev–Trinajstić information content (AvgIpc) is 3.24. The molecular formula is C25H31N5O4S. The van der Waals surface area contributed by atoms with Crippen LogP contribution in [0.5, 0.6) is 11.5 Å². The lowest BCUT2D eigenvalue weighted by Crippen LogP contribution is -2.25. The number of thioether (sulfide) groups is 1. The fourth-order valence-corrected chi connectivity index (χ4v) is 4.62. The summed E-state index contributed by atoms with van der Waals surface area (Å²) in [5, 5.41) is 14.9. The Balaban J connectivity index is 1.61. The van der Waals surface area contributed by atoms with Crippen molar-refractivity contribution in [3.05, 3.63) is 58.4 Å². The maximum atomic E-state index is 12.6. The molecule has 2 amide bonds. The Kier molecular flexibility index (Phi) is 8.75. The SMILES string of the molecule is CCn1c(CNC(=O)c2ccc(OC)c(OC)c2)nnc1SCC(=O)Nc1c(C)cc(C)cc1C. The first kappa shape index (κ1) is 26.1. The Morgan fingerprint density at radius 3 is 2.31 bits per heavy atom. The lowest BCUT2D eigenvalue weighted by Gasteiger charge is -2.13. The minimum Gasteiger partial charge on any atom is -0.493 e. The van der Waals surface area contributed by atoms with Crippen LogP contribution in [0.1, 0.15) is 39.8 Å². The first-order valence-electron chi connectivity index (χ1n) is 11.2. The van der Waals surface area contributed by atoms with Gasteiger partial charge in [0, 0.05) is 17.8 Å². The van der Waals surface area contributed by atoms with Gasteiger partial charge >= 0.3 is 0 Å². The van der Waals surface area contributed by atoms with Crippen LogP contribution in [0.25, 0.3) is 0 Å². The number of nitrogens with zero attached hydrogens (tertiary/aromatic N) is 3. The Morgan fingerprint density at radius 1 is 1.00 bits per heavy atom. The highest BCUT2D eigenvalue weighted by atomic mass is 32.2. The van der Waals surface area contributed by atoms with Crippen molar-refractivity contribution in [3.63, 3.8) is 0 Å². The highest BCUT2D eigenvalue weighted by Crippen LogP contribution is 2.27. The number of aromatic nitrogens is 3. The Hall–Kier alpha value is -3.53. The number of benzene rings is 2. The molecule has 0 radical (unpaired) electrons. The van der Waals surface area contributed by atoms with Gasteiger partial charge in [0.15, 0.2) is 22.5 Å². The maximum Gasteiger partial charge on any atom is 0.251 e. The van der Waals surface area contributed by atoms with E-state index in [4.69, 9.17) is 9.47 Å². The van der Waals surface area contributed by atoms with E-state index in [0.717, 1.165) is 22.4 Å². The number of rotatable bonds is 10. The third-order valence-electron chi connectivity index (χ3n) is 5.44. The summed E-state index contributed by atoms with van der Waals surface area (Å²) in [6.45, 7) is 8.77. The van der Waals surface area contributed by atoms with Gasteiger partial charge in [-0.1, -0.05) is 29.5 Å². The molecule has 0 atom stereocenters. The van der Waals surface area contributed by atoms with Gasteiger partial charge < -0.3 is 24.7 Å². The molecule has 0 aliphatic rings. The predicted octanol–water partition coefficient (Wildman–Crippen LogP) is 3.90. The van der Waals surface area contributed by atoms with Crippen LogP contribution >= 0.6 is 11.8 Å². The van der Waals surface area contributed by atoms with E-state index in [0.29, 0.717) is 34.6 Å². The number of carbonyl (C=O) groups excluding carboxylic acids is 2. The number of carbonyl (C=O) groups is 2. The van der Waals surface area contributed by atoms with E-state index in [1.807, 2.05) is 44.4 Å². The molecule has 35 heavy (non-hydrogen) atoms. The van der Waals surface area contributed by atoms with Crippen LogP contribution in [0, 0.1) is 20.8 Å². The average molecular weight is 498 g/mol. The summed E-state index contributed by atoms with van der Waals surface area (Å²) >= 11 is 1.31. The number of nitrogens with one attached hydrogen (secondary N) is 2. The molecule has 3 aromatic rings. The predicted molar refractivity (Wildman–Crippen MR) is 136 cm³/mol. The molecule has 0 saturated heterocycles. The number of ether oxygens (including phenoxy) is 2. The van der Waals surface area contributed by atoms with Crippen molar-refractivity contribution in [1.82, 2.24) is 20.1 Å². The van der Waals surface area contributed by atoms with E-state index < -0.39 is 0 Å². The van der Waals surface area contributed by atoms with Crippen LogP contribution in [0.15, 0.2) is 35.5 Å². The molecule has 1 heterocycles. The van der Waals surface area contributed by atoms with Crippen LogP contribution in [0.3, 0.4) is 0 Å². The standard InChI is InChI=1S/C25H31N5O4S/c1-7-30-21(13-26-24(32)18-8-9-19(33-5)20(12-18)34-6)28-29-25(30)35-14-22(31)27-23-16(3)10-15(2)11-17(23)4/h8-12H,7,13-14H2,1-6H3,(H,26,32)(H,27,31). The first-order chi connectivity index (χ1) is 16.8. The zero-order chi connectivity index (χ0) is 25.5. The van der Waals surface area contributed by atoms with Gasteiger partial charge in [-0.15, -0.1) is 10.2 Å². The lowest BCUT2D eigenvalue weighted by atomic mass is 10.1. The van der Waals surface area contributed by atoms with Crippen LogP contribution < -0.4 is 20.1 Å². The van der Waals surface area contributed by atoms with Crippen molar-refractivity contribution in [3.8, 4) is 11.5 Å². The summed E-state index contributed by atoms with van der Waals surface area (Å²) in [6.07, 6.45) is 0. The fraction of sp³-hybridized carbons (Fsp3) is 0.360. The van der Waals surface area contributed by atoms with Crippen molar-refractivity contribution >= 4 is 29.3 Å². The van der Waals surface area contributed by atoms with Crippen molar-refractivity contribution < 1.29 is 19.1 Å². The summed E-state index contributed by atoms with van der Waals surface area (Å²) in [5.74, 6) is 1.45. The number of anilines is 1. The molecule has 186 valence electrons. The molecule has 2 aromatic carbocycles. The molecule has 10 heteroatoms. The van der Waals surface area contributed by atoms with Crippen LogP contribution in [0.2, 0.25) is 0 Å². The minimum atomic E-state index is -0.269. The third-order valence-corrected chi connectivity index (χ3v) is 6.40. The van der Waals surface area contributed by atoms with Crippen molar-refractivity contribution in [2.45, 2.75) is 45.9 Å². The topological polar surface area (TPSA) is 107 Å². The summed E-state index contributed by atoms with van der Waals surface area (Å²) in [6, 6.07) is 9.06. The van der Waals surface area contributed by atoms with Gasteiger partial charge in [-0.3, -0.25) is 9.59 Å². The summed E-state index contributed by atoms with van der Waals surface area (Å²) in [7, 11) is 3.06. The van der Waals surface area contributed by atoms with Gasteiger partial charge in [-0.25, -0.2) is 0 Å². The molecule has 0 aliphatic carbocycles. The van der Waals surface area contributed by atoms with Crippen LogP contribution in [0.4, 0.5) is 5.69 Å². The van der Waals surface area contributed by atoms with Crippen LogP contribution in [-0.2, 0) is 17.9 Å². The molecule has 0 fully saturated rings. The van der Waals surface area contributed by atoms with Gasteiger partial charge in [-0.05, 0) is 57.0 Å². The number of amides is 2. The molecule has 0 saturated carbocycles. The summed E-state index contributed by atoms with van der Waals surface area (Å²) < 4.78 is 12.4. The molecule has 0 aliphatic heterocycles. The second-order valence-electron chi connectivity index (χ2n) is 8.01. The molecule has 0 bridgehead atoms. The minimum absolute atomic E-state index is 0.112. The van der Waals surface area contributed by atoms with E-state index in [1.165, 1.54) is 18.9 Å². The summed E-state index contributed by atoms with van der Waals surface area (Å²) in [4.78, 5) is 25.2. The highest BCUT2D eigenvalue weighted by molar-refractivity contribution is 7.99. The zero-order valence-corrected chi connectivity index (χ0v) is 21.7. The molecule has 1 aromatic heterocycles. The molecular weight excluding hydrogens is 466 g/mol.